The number of nitrogens with zero attached hydrogens (tertiary/aromatic N) is 5. The van der Waals surface area contributed by atoms with Crippen molar-refractivity contribution in [3.63, 3.8) is 0 Å². The van der Waals surface area contributed by atoms with E-state index in [9.17, 15) is 4.79 Å². The lowest BCUT2D eigenvalue weighted by Gasteiger charge is -2.33. The van der Waals surface area contributed by atoms with Crippen LogP contribution in [0.3, 0.4) is 0 Å². The standard InChI is InChI=1S/C20H22N6O/c27-20(22-15-16-4-2-1-3-5-16)19-14-18(6-9-21-19)25-11-7-17(8-12-25)26-13-10-23-24-26/h1-6,9-10,13-14,17H,7-8,11-12,15H2,(H,22,27). The topological polar surface area (TPSA) is 75.9 Å². The molecule has 0 spiro atoms. The molecular weight excluding hydrogens is 340 g/mol. The Morgan fingerprint density at radius 1 is 1.11 bits per heavy atom. The molecule has 0 bridgehead atoms. The lowest BCUT2D eigenvalue weighted by atomic mass is 10.0. The first-order chi connectivity index (χ1) is 13.3. The number of aromatic nitrogens is 4. The van der Waals surface area contributed by atoms with Crippen molar-refractivity contribution in [2.24, 2.45) is 0 Å². The maximum absolute atomic E-state index is 12.4. The molecule has 0 unspecified atom stereocenters. The van der Waals surface area contributed by atoms with E-state index in [1.807, 2.05) is 53.3 Å². The first-order valence-corrected chi connectivity index (χ1v) is 9.18. The van der Waals surface area contributed by atoms with Crippen molar-refractivity contribution in [3.05, 3.63) is 72.3 Å². The summed E-state index contributed by atoms with van der Waals surface area (Å²) in [5.74, 6) is -0.154. The van der Waals surface area contributed by atoms with Crippen LogP contribution in [0.1, 0.15) is 34.9 Å². The summed E-state index contributed by atoms with van der Waals surface area (Å²) in [6.07, 6.45) is 7.34. The number of anilines is 1. The second-order valence-corrected chi connectivity index (χ2v) is 6.67. The summed E-state index contributed by atoms with van der Waals surface area (Å²) in [4.78, 5) is 19.0. The van der Waals surface area contributed by atoms with Crippen LogP contribution in [0.15, 0.2) is 61.1 Å². The van der Waals surface area contributed by atoms with Gasteiger partial charge in [0.15, 0.2) is 0 Å². The lowest BCUT2D eigenvalue weighted by Crippen LogP contribution is -2.35. The van der Waals surface area contributed by atoms with Crippen LogP contribution in [-0.2, 0) is 6.54 Å². The smallest absolute Gasteiger partial charge is 0.270 e. The Morgan fingerprint density at radius 3 is 2.67 bits per heavy atom. The van der Waals surface area contributed by atoms with Gasteiger partial charge in [-0.3, -0.25) is 9.78 Å². The van der Waals surface area contributed by atoms with Crippen molar-refractivity contribution < 1.29 is 4.79 Å². The second kappa shape index (κ2) is 7.99. The third kappa shape index (κ3) is 4.13. The molecule has 27 heavy (non-hydrogen) atoms. The van der Waals surface area contributed by atoms with Crippen molar-refractivity contribution >= 4 is 11.6 Å². The van der Waals surface area contributed by atoms with Gasteiger partial charge in [-0.2, -0.15) is 0 Å². The third-order valence-electron chi connectivity index (χ3n) is 4.92. The highest BCUT2D eigenvalue weighted by Crippen LogP contribution is 2.25. The van der Waals surface area contributed by atoms with E-state index in [1.165, 1.54) is 0 Å². The number of nitrogens with one attached hydrogen (secondary N) is 1. The summed E-state index contributed by atoms with van der Waals surface area (Å²) in [5, 5.41) is 10.9. The van der Waals surface area contributed by atoms with Gasteiger partial charge in [-0.05, 0) is 30.5 Å². The summed E-state index contributed by atoms with van der Waals surface area (Å²) in [5.41, 5.74) is 2.55. The van der Waals surface area contributed by atoms with Gasteiger partial charge in [-0.25, -0.2) is 4.68 Å². The largest absolute Gasteiger partial charge is 0.371 e. The van der Waals surface area contributed by atoms with E-state index in [1.54, 1.807) is 12.4 Å². The molecule has 0 radical (unpaired) electrons. The number of carbonyl (C=O) groups is 1. The van der Waals surface area contributed by atoms with E-state index in [0.717, 1.165) is 37.2 Å². The minimum absolute atomic E-state index is 0.154. The number of hydrogen-bond donors (Lipinski definition) is 1. The fourth-order valence-corrected chi connectivity index (χ4v) is 3.41. The van der Waals surface area contributed by atoms with Crippen LogP contribution in [0.2, 0.25) is 0 Å². The highest BCUT2D eigenvalue weighted by Gasteiger charge is 2.22. The van der Waals surface area contributed by atoms with Crippen LogP contribution >= 0.6 is 0 Å². The zero-order chi connectivity index (χ0) is 18.5. The molecule has 0 aliphatic carbocycles. The molecule has 0 atom stereocenters. The molecule has 7 heteroatoms. The number of piperidine rings is 1. The van der Waals surface area contributed by atoms with Gasteiger partial charge < -0.3 is 10.2 Å². The monoisotopic (exact) mass is 362 g/mol. The molecule has 1 aromatic carbocycles. The average Bonchev–Trinajstić information content (AvgIpc) is 3.28. The molecular formula is C20H22N6O. The zero-order valence-electron chi connectivity index (χ0n) is 15.0. The minimum atomic E-state index is -0.154. The Hall–Kier alpha value is -3.22. The predicted molar refractivity (Wildman–Crippen MR) is 102 cm³/mol. The quantitative estimate of drug-likeness (QED) is 0.754. The minimum Gasteiger partial charge on any atom is -0.371 e. The molecule has 1 aliphatic rings. The molecule has 1 saturated heterocycles. The van der Waals surface area contributed by atoms with Crippen LogP contribution in [0, 0.1) is 0 Å². The summed E-state index contributed by atoms with van der Waals surface area (Å²) >= 11 is 0. The summed E-state index contributed by atoms with van der Waals surface area (Å²) < 4.78 is 1.94. The maximum atomic E-state index is 12.4. The number of carbonyl (C=O) groups excluding carboxylic acids is 1. The predicted octanol–water partition coefficient (Wildman–Crippen LogP) is 2.44. The Kier molecular flexibility index (Phi) is 5.09. The average molecular weight is 362 g/mol. The van der Waals surface area contributed by atoms with Crippen LogP contribution in [0.25, 0.3) is 0 Å². The van der Waals surface area contributed by atoms with E-state index in [2.05, 4.69) is 25.5 Å². The SMILES string of the molecule is O=C(NCc1ccccc1)c1cc(N2CCC(n3ccnn3)CC2)ccn1. The van der Waals surface area contributed by atoms with Crippen LogP contribution in [0.4, 0.5) is 5.69 Å². The van der Waals surface area contributed by atoms with Crippen LogP contribution in [-0.4, -0.2) is 39.0 Å². The third-order valence-corrected chi connectivity index (χ3v) is 4.92. The lowest BCUT2D eigenvalue weighted by molar-refractivity contribution is 0.0946. The van der Waals surface area contributed by atoms with Gasteiger partial charge in [0.05, 0.1) is 12.2 Å². The number of benzene rings is 1. The Balaban J connectivity index is 1.37. The van der Waals surface area contributed by atoms with Crippen molar-refractivity contribution in [2.75, 3.05) is 18.0 Å². The molecule has 1 N–H and O–H groups in total. The van der Waals surface area contributed by atoms with Crippen LogP contribution in [0.5, 0.6) is 0 Å². The zero-order valence-corrected chi connectivity index (χ0v) is 15.0. The molecule has 1 fully saturated rings. The number of amides is 1. The van der Waals surface area contributed by atoms with Gasteiger partial charge in [-0.15, -0.1) is 5.10 Å². The highest BCUT2D eigenvalue weighted by atomic mass is 16.1. The van der Waals surface area contributed by atoms with Gasteiger partial charge in [0.1, 0.15) is 5.69 Å². The van der Waals surface area contributed by atoms with Crippen molar-refractivity contribution in [2.45, 2.75) is 25.4 Å². The van der Waals surface area contributed by atoms with Crippen molar-refractivity contribution in [1.82, 2.24) is 25.3 Å². The molecule has 3 aromatic rings. The van der Waals surface area contributed by atoms with Gasteiger partial charge in [0, 0.05) is 37.7 Å². The van der Waals surface area contributed by atoms with E-state index in [4.69, 9.17) is 0 Å². The Labute approximate surface area is 158 Å². The van der Waals surface area contributed by atoms with E-state index in [0.29, 0.717) is 18.3 Å². The first-order valence-electron chi connectivity index (χ1n) is 9.18. The Bertz CT molecular complexity index is 873. The second-order valence-electron chi connectivity index (χ2n) is 6.67. The van der Waals surface area contributed by atoms with Gasteiger partial charge in [0.2, 0.25) is 0 Å². The number of hydrogen-bond acceptors (Lipinski definition) is 5. The highest BCUT2D eigenvalue weighted by molar-refractivity contribution is 5.93. The summed E-state index contributed by atoms with van der Waals surface area (Å²) in [6, 6.07) is 14.1. The summed E-state index contributed by atoms with van der Waals surface area (Å²) in [6.45, 7) is 2.33. The van der Waals surface area contributed by atoms with E-state index >= 15 is 0 Å². The van der Waals surface area contributed by atoms with Gasteiger partial charge >= 0.3 is 0 Å². The number of rotatable bonds is 5. The Morgan fingerprint density at radius 2 is 1.93 bits per heavy atom. The fourth-order valence-electron chi connectivity index (χ4n) is 3.41. The molecule has 1 aliphatic heterocycles. The van der Waals surface area contributed by atoms with E-state index < -0.39 is 0 Å². The maximum Gasteiger partial charge on any atom is 0.270 e. The van der Waals surface area contributed by atoms with Crippen LogP contribution < -0.4 is 10.2 Å². The fraction of sp³-hybridized carbons (Fsp3) is 0.300. The molecule has 7 nitrogen and oxygen atoms in total. The number of pyridine rings is 1. The molecule has 1 amide bonds. The van der Waals surface area contributed by atoms with Gasteiger partial charge in [0.25, 0.3) is 5.91 Å². The molecule has 138 valence electrons. The van der Waals surface area contributed by atoms with Crippen molar-refractivity contribution in [3.8, 4) is 0 Å². The van der Waals surface area contributed by atoms with Gasteiger partial charge in [-0.1, -0.05) is 35.5 Å². The van der Waals surface area contributed by atoms with E-state index in [-0.39, 0.29) is 5.91 Å². The molecule has 2 aromatic heterocycles. The molecule has 4 rings (SSSR count). The normalized spacial score (nSPS) is 14.9. The summed E-state index contributed by atoms with van der Waals surface area (Å²) in [7, 11) is 0. The first kappa shape index (κ1) is 17.2. The molecule has 3 heterocycles. The molecule has 0 saturated carbocycles. The van der Waals surface area contributed by atoms with Crippen molar-refractivity contribution in [1.29, 1.82) is 0 Å².